The molecule has 114 valence electrons. The second kappa shape index (κ2) is 7.25. The summed E-state index contributed by atoms with van der Waals surface area (Å²) >= 11 is 0. The van der Waals surface area contributed by atoms with Crippen LogP contribution in [0.1, 0.15) is 68.2 Å². The van der Waals surface area contributed by atoms with Crippen molar-refractivity contribution in [3.05, 3.63) is 0 Å². The van der Waals surface area contributed by atoms with Crippen LogP contribution in [0.5, 0.6) is 0 Å². The molecule has 0 bridgehead atoms. The third kappa shape index (κ3) is 11.0. The van der Waals surface area contributed by atoms with Gasteiger partial charge in [0.15, 0.2) is 6.29 Å². The highest BCUT2D eigenvalue weighted by atomic mass is 16.7. The Bertz CT molecular complexity index is 257. The van der Waals surface area contributed by atoms with Gasteiger partial charge in [0.2, 0.25) is 0 Å². The first-order chi connectivity index (χ1) is 8.43. The van der Waals surface area contributed by atoms with E-state index in [4.69, 9.17) is 14.2 Å². The molecule has 4 heteroatoms. The standard InChI is InChI=1S/C15H30O4/c1-9-11(2)17-12(16)10-13(18-14(3,4)5)19-15(6,7)8/h11,13H,9-10H2,1-8H3. The lowest BCUT2D eigenvalue weighted by Gasteiger charge is -2.32. The highest BCUT2D eigenvalue weighted by Gasteiger charge is 2.27. The van der Waals surface area contributed by atoms with Gasteiger partial charge in [-0.05, 0) is 54.9 Å². The topological polar surface area (TPSA) is 44.8 Å². The lowest BCUT2D eigenvalue weighted by atomic mass is 10.1. The summed E-state index contributed by atoms with van der Waals surface area (Å²) in [5.74, 6) is -0.284. The second-order valence-corrected chi connectivity index (χ2v) is 6.80. The quantitative estimate of drug-likeness (QED) is 0.547. The Balaban J connectivity index is 4.54. The minimum Gasteiger partial charge on any atom is -0.463 e. The van der Waals surface area contributed by atoms with Crippen molar-refractivity contribution in [1.29, 1.82) is 0 Å². The molecule has 0 aromatic carbocycles. The van der Waals surface area contributed by atoms with Gasteiger partial charge in [0.25, 0.3) is 0 Å². The fraction of sp³-hybridized carbons (Fsp3) is 0.933. The van der Waals surface area contributed by atoms with E-state index >= 15 is 0 Å². The summed E-state index contributed by atoms with van der Waals surface area (Å²) < 4.78 is 16.8. The van der Waals surface area contributed by atoms with Crippen LogP contribution in [0.25, 0.3) is 0 Å². The van der Waals surface area contributed by atoms with Crippen LogP contribution in [0.4, 0.5) is 0 Å². The SMILES string of the molecule is CCC(C)OC(=O)CC(OC(C)(C)C)OC(C)(C)C. The fourth-order valence-corrected chi connectivity index (χ4v) is 1.39. The highest BCUT2D eigenvalue weighted by Crippen LogP contribution is 2.20. The lowest BCUT2D eigenvalue weighted by Crippen LogP contribution is -2.37. The summed E-state index contributed by atoms with van der Waals surface area (Å²) in [4.78, 5) is 11.8. The smallest absolute Gasteiger partial charge is 0.311 e. The van der Waals surface area contributed by atoms with Crippen molar-refractivity contribution in [2.45, 2.75) is 91.8 Å². The van der Waals surface area contributed by atoms with Crippen molar-refractivity contribution in [2.24, 2.45) is 0 Å². The van der Waals surface area contributed by atoms with Crippen LogP contribution >= 0.6 is 0 Å². The van der Waals surface area contributed by atoms with Crippen molar-refractivity contribution in [3.63, 3.8) is 0 Å². The summed E-state index contributed by atoms with van der Waals surface area (Å²) in [5, 5.41) is 0. The van der Waals surface area contributed by atoms with Crippen LogP contribution in [0.3, 0.4) is 0 Å². The number of hydrogen-bond donors (Lipinski definition) is 0. The molecule has 0 N–H and O–H groups in total. The molecule has 1 atom stereocenters. The third-order valence-corrected chi connectivity index (χ3v) is 2.21. The van der Waals surface area contributed by atoms with Crippen LogP contribution in [0, 0.1) is 0 Å². The molecule has 0 amide bonds. The average molecular weight is 274 g/mol. The van der Waals surface area contributed by atoms with Crippen molar-refractivity contribution >= 4 is 5.97 Å². The molecule has 0 spiro atoms. The molecule has 0 heterocycles. The highest BCUT2D eigenvalue weighted by molar-refractivity contribution is 5.69. The van der Waals surface area contributed by atoms with Crippen LogP contribution in [-0.2, 0) is 19.0 Å². The fourth-order valence-electron chi connectivity index (χ4n) is 1.39. The first-order valence-electron chi connectivity index (χ1n) is 6.98. The second-order valence-electron chi connectivity index (χ2n) is 6.80. The molecule has 19 heavy (non-hydrogen) atoms. The molecule has 0 aliphatic rings. The zero-order valence-corrected chi connectivity index (χ0v) is 13.7. The minimum atomic E-state index is -0.587. The molecule has 4 nitrogen and oxygen atoms in total. The van der Waals surface area contributed by atoms with E-state index in [1.807, 2.05) is 55.4 Å². The van der Waals surface area contributed by atoms with Gasteiger partial charge in [0.05, 0.1) is 23.7 Å². The van der Waals surface area contributed by atoms with E-state index in [1.54, 1.807) is 0 Å². The zero-order valence-electron chi connectivity index (χ0n) is 13.7. The molecule has 0 rings (SSSR count). The van der Waals surface area contributed by atoms with Crippen molar-refractivity contribution < 1.29 is 19.0 Å². The molecular formula is C15H30O4. The molecule has 1 unspecified atom stereocenters. The molecule has 0 saturated carbocycles. The zero-order chi connectivity index (χ0) is 15.3. The van der Waals surface area contributed by atoms with E-state index in [9.17, 15) is 4.79 Å². The Morgan fingerprint density at radius 3 is 1.74 bits per heavy atom. The Morgan fingerprint density at radius 1 is 1.00 bits per heavy atom. The number of hydrogen-bond acceptors (Lipinski definition) is 4. The van der Waals surface area contributed by atoms with E-state index < -0.39 is 6.29 Å². The predicted octanol–water partition coefficient (Wildman–Crippen LogP) is 3.67. The van der Waals surface area contributed by atoms with Gasteiger partial charge in [-0.3, -0.25) is 4.79 Å². The van der Waals surface area contributed by atoms with Gasteiger partial charge in [-0.2, -0.15) is 0 Å². The Morgan fingerprint density at radius 2 is 1.42 bits per heavy atom. The van der Waals surface area contributed by atoms with Crippen LogP contribution in [0.2, 0.25) is 0 Å². The molecule has 0 saturated heterocycles. The summed E-state index contributed by atoms with van der Waals surface area (Å²) in [6, 6.07) is 0. The summed E-state index contributed by atoms with van der Waals surface area (Å²) in [5.41, 5.74) is -0.737. The van der Waals surface area contributed by atoms with Crippen LogP contribution in [0.15, 0.2) is 0 Å². The van der Waals surface area contributed by atoms with Gasteiger partial charge in [0, 0.05) is 0 Å². The number of carbonyl (C=O) groups excluding carboxylic acids is 1. The maximum Gasteiger partial charge on any atom is 0.311 e. The summed E-state index contributed by atoms with van der Waals surface area (Å²) in [7, 11) is 0. The molecule has 0 aliphatic carbocycles. The van der Waals surface area contributed by atoms with Gasteiger partial charge >= 0.3 is 5.97 Å². The van der Waals surface area contributed by atoms with Crippen molar-refractivity contribution in [1.82, 2.24) is 0 Å². The molecule has 0 aromatic rings. The molecule has 0 aromatic heterocycles. The predicted molar refractivity (Wildman–Crippen MR) is 75.9 cm³/mol. The van der Waals surface area contributed by atoms with E-state index in [2.05, 4.69) is 0 Å². The minimum absolute atomic E-state index is 0.0718. The number of rotatable bonds is 6. The largest absolute Gasteiger partial charge is 0.463 e. The molecule has 0 aliphatic heterocycles. The Hall–Kier alpha value is -0.610. The Kier molecular flexibility index (Phi) is 7.01. The third-order valence-electron chi connectivity index (χ3n) is 2.21. The van der Waals surface area contributed by atoms with E-state index in [0.29, 0.717) is 0 Å². The van der Waals surface area contributed by atoms with Crippen LogP contribution in [-0.4, -0.2) is 29.6 Å². The van der Waals surface area contributed by atoms with Gasteiger partial charge in [0.1, 0.15) is 0 Å². The van der Waals surface area contributed by atoms with E-state index in [-0.39, 0.29) is 29.7 Å². The normalized spacial score (nSPS) is 14.6. The Labute approximate surface area is 117 Å². The molecule has 0 radical (unpaired) electrons. The van der Waals surface area contributed by atoms with Gasteiger partial charge in [-0.15, -0.1) is 0 Å². The van der Waals surface area contributed by atoms with Crippen LogP contribution < -0.4 is 0 Å². The molecule has 0 fully saturated rings. The summed E-state index contributed by atoms with van der Waals surface area (Å²) in [6.45, 7) is 15.5. The van der Waals surface area contributed by atoms with E-state index in [1.165, 1.54) is 0 Å². The lowest BCUT2D eigenvalue weighted by molar-refractivity contribution is -0.238. The van der Waals surface area contributed by atoms with Gasteiger partial charge in [-0.25, -0.2) is 0 Å². The number of carbonyl (C=O) groups is 1. The first-order valence-corrected chi connectivity index (χ1v) is 6.98. The summed E-state index contributed by atoms with van der Waals surface area (Å²) in [6.07, 6.45) is 0.254. The maximum atomic E-state index is 11.8. The number of ether oxygens (including phenoxy) is 3. The van der Waals surface area contributed by atoms with Gasteiger partial charge in [-0.1, -0.05) is 6.92 Å². The maximum absolute atomic E-state index is 11.8. The monoisotopic (exact) mass is 274 g/mol. The molecular weight excluding hydrogens is 244 g/mol. The number of esters is 1. The first kappa shape index (κ1) is 18.4. The van der Waals surface area contributed by atoms with Crippen molar-refractivity contribution in [2.75, 3.05) is 0 Å². The van der Waals surface area contributed by atoms with Crippen molar-refractivity contribution in [3.8, 4) is 0 Å². The van der Waals surface area contributed by atoms with E-state index in [0.717, 1.165) is 6.42 Å². The van der Waals surface area contributed by atoms with Gasteiger partial charge < -0.3 is 14.2 Å². The average Bonchev–Trinajstić information content (AvgIpc) is 2.11.